The van der Waals surface area contributed by atoms with Gasteiger partial charge in [0.1, 0.15) is 5.69 Å². The number of piperidine rings is 1. The fraction of sp³-hybridized carbons (Fsp3) is 0.643. The molecule has 0 aromatic carbocycles. The van der Waals surface area contributed by atoms with Gasteiger partial charge in [-0.3, -0.25) is 14.9 Å². The quantitative estimate of drug-likeness (QED) is 0.679. The molecule has 0 spiro atoms. The van der Waals surface area contributed by atoms with Gasteiger partial charge in [0.05, 0.1) is 23.8 Å². The maximum atomic E-state index is 12.7. The number of likely N-dealkylation sites (tertiary alicyclic amines) is 1. The molecule has 1 aromatic heterocycles. The molecular formula is C14H21N3O4. The molecule has 116 valence electrons. The highest BCUT2D eigenvalue weighted by Gasteiger charge is 2.30. The summed E-state index contributed by atoms with van der Waals surface area (Å²) in [5.41, 5.74) is 0.238. The van der Waals surface area contributed by atoms with Crippen LogP contribution in [-0.4, -0.2) is 44.6 Å². The summed E-state index contributed by atoms with van der Waals surface area (Å²) < 4.78 is 1.63. The highest BCUT2D eigenvalue weighted by molar-refractivity contribution is 5.94. The summed E-state index contributed by atoms with van der Waals surface area (Å²) in [6.07, 6.45) is 4.05. The molecule has 0 aliphatic carbocycles. The van der Waals surface area contributed by atoms with Crippen molar-refractivity contribution < 1.29 is 14.8 Å². The molecule has 1 amide bonds. The third-order valence-corrected chi connectivity index (χ3v) is 3.92. The summed E-state index contributed by atoms with van der Waals surface area (Å²) >= 11 is 0. The van der Waals surface area contributed by atoms with E-state index in [1.807, 2.05) is 13.8 Å². The van der Waals surface area contributed by atoms with Gasteiger partial charge < -0.3 is 14.6 Å². The fourth-order valence-corrected chi connectivity index (χ4v) is 2.77. The number of carbonyl (C=O) groups excluding carboxylic acids is 1. The maximum absolute atomic E-state index is 12.7. The van der Waals surface area contributed by atoms with Gasteiger partial charge in [-0.2, -0.15) is 0 Å². The van der Waals surface area contributed by atoms with Crippen LogP contribution in [0.15, 0.2) is 12.3 Å². The number of nitro groups is 1. The number of hydrogen-bond donors (Lipinski definition) is 1. The van der Waals surface area contributed by atoms with Crippen LogP contribution in [0.3, 0.4) is 0 Å². The van der Waals surface area contributed by atoms with E-state index in [2.05, 4.69) is 0 Å². The molecule has 1 aromatic rings. The molecule has 2 heterocycles. The standard InChI is InChI=1S/C14H21N3O4/c1-10(2)16-8-12(17(20)21)7-13(16)14(19)15-6-4-3-5-11(15)9-18/h7-8,10-11,18H,3-6,9H2,1-2H3. The van der Waals surface area contributed by atoms with Gasteiger partial charge >= 0.3 is 0 Å². The molecule has 0 saturated carbocycles. The zero-order chi connectivity index (χ0) is 15.6. The van der Waals surface area contributed by atoms with Crippen molar-refractivity contribution in [2.75, 3.05) is 13.2 Å². The molecule has 1 N–H and O–H groups in total. The van der Waals surface area contributed by atoms with Crippen LogP contribution in [0.25, 0.3) is 0 Å². The van der Waals surface area contributed by atoms with Crippen LogP contribution in [0, 0.1) is 10.1 Å². The van der Waals surface area contributed by atoms with Gasteiger partial charge in [-0.1, -0.05) is 0 Å². The monoisotopic (exact) mass is 295 g/mol. The Morgan fingerprint density at radius 2 is 2.24 bits per heavy atom. The molecule has 1 atom stereocenters. The van der Waals surface area contributed by atoms with E-state index in [4.69, 9.17) is 0 Å². The van der Waals surface area contributed by atoms with Gasteiger partial charge in [0.2, 0.25) is 0 Å². The SMILES string of the molecule is CC(C)n1cc([N+](=O)[O-])cc1C(=O)N1CCCCC1CO. The largest absolute Gasteiger partial charge is 0.394 e. The number of aliphatic hydroxyl groups is 1. The number of nitrogens with zero attached hydrogens (tertiary/aromatic N) is 3. The van der Waals surface area contributed by atoms with Crippen LogP contribution in [0.2, 0.25) is 0 Å². The van der Waals surface area contributed by atoms with Crippen LogP contribution >= 0.6 is 0 Å². The second-order valence-corrected chi connectivity index (χ2v) is 5.67. The first-order chi connectivity index (χ1) is 9.95. The van der Waals surface area contributed by atoms with Crippen LogP contribution in [0.1, 0.15) is 49.6 Å². The lowest BCUT2D eigenvalue weighted by molar-refractivity contribution is -0.384. The lowest BCUT2D eigenvalue weighted by Crippen LogP contribution is -2.46. The number of amides is 1. The second kappa shape index (κ2) is 6.26. The van der Waals surface area contributed by atoms with E-state index in [0.29, 0.717) is 12.2 Å². The average molecular weight is 295 g/mol. The summed E-state index contributed by atoms with van der Waals surface area (Å²) in [5.74, 6) is -0.240. The number of rotatable bonds is 4. The number of carbonyl (C=O) groups is 1. The van der Waals surface area contributed by atoms with Crippen LogP contribution < -0.4 is 0 Å². The van der Waals surface area contributed by atoms with Crippen molar-refractivity contribution in [2.45, 2.75) is 45.2 Å². The molecule has 2 rings (SSSR count). The zero-order valence-corrected chi connectivity index (χ0v) is 12.4. The summed E-state index contributed by atoms with van der Waals surface area (Å²) in [5, 5.41) is 20.4. The van der Waals surface area contributed by atoms with Crippen LogP contribution in [-0.2, 0) is 0 Å². The minimum absolute atomic E-state index is 0.0463. The van der Waals surface area contributed by atoms with Crippen molar-refractivity contribution in [3.05, 3.63) is 28.1 Å². The third-order valence-electron chi connectivity index (χ3n) is 3.92. The van der Waals surface area contributed by atoms with Gasteiger partial charge in [-0.25, -0.2) is 0 Å². The Balaban J connectivity index is 2.35. The molecule has 7 heteroatoms. The second-order valence-electron chi connectivity index (χ2n) is 5.67. The Kier molecular flexibility index (Phi) is 4.62. The van der Waals surface area contributed by atoms with Gasteiger partial charge in [-0.05, 0) is 33.1 Å². The van der Waals surface area contributed by atoms with Crippen molar-refractivity contribution in [1.29, 1.82) is 0 Å². The van der Waals surface area contributed by atoms with E-state index in [0.717, 1.165) is 19.3 Å². The van der Waals surface area contributed by atoms with Gasteiger partial charge in [0.15, 0.2) is 0 Å². The highest BCUT2D eigenvalue weighted by atomic mass is 16.6. The summed E-state index contributed by atoms with van der Waals surface area (Å²) in [6, 6.07) is 1.08. The minimum atomic E-state index is -0.491. The molecule has 0 bridgehead atoms. The van der Waals surface area contributed by atoms with Gasteiger partial charge in [0, 0.05) is 18.7 Å². The van der Waals surface area contributed by atoms with Crippen molar-refractivity contribution in [3.63, 3.8) is 0 Å². The van der Waals surface area contributed by atoms with E-state index < -0.39 is 4.92 Å². The highest BCUT2D eigenvalue weighted by Crippen LogP contribution is 2.25. The molecule has 1 saturated heterocycles. The Hall–Kier alpha value is -1.89. The lowest BCUT2D eigenvalue weighted by atomic mass is 10.0. The molecule has 1 unspecified atom stereocenters. The molecule has 1 aliphatic rings. The van der Waals surface area contributed by atoms with Crippen molar-refractivity contribution in [2.24, 2.45) is 0 Å². The maximum Gasteiger partial charge on any atom is 0.287 e. The van der Waals surface area contributed by atoms with Gasteiger partial charge in [-0.15, -0.1) is 0 Å². The van der Waals surface area contributed by atoms with E-state index in [1.165, 1.54) is 12.3 Å². The Bertz CT molecular complexity index is 538. The number of aliphatic hydroxyl groups excluding tert-OH is 1. The minimum Gasteiger partial charge on any atom is -0.394 e. The van der Waals surface area contributed by atoms with Crippen molar-refractivity contribution in [1.82, 2.24) is 9.47 Å². The van der Waals surface area contributed by atoms with E-state index in [-0.39, 0.29) is 30.3 Å². The summed E-state index contributed by atoms with van der Waals surface area (Å²) in [4.78, 5) is 24.8. The lowest BCUT2D eigenvalue weighted by Gasteiger charge is -2.34. The molecule has 7 nitrogen and oxygen atoms in total. The van der Waals surface area contributed by atoms with Crippen molar-refractivity contribution >= 4 is 11.6 Å². The first-order valence-corrected chi connectivity index (χ1v) is 7.23. The summed E-state index contributed by atoms with van der Waals surface area (Å²) in [7, 11) is 0. The Morgan fingerprint density at radius 3 is 2.81 bits per heavy atom. The molecular weight excluding hydrogens is 274 g/mol. The molecule has 1 aliphatic heterocycles. The predicted octanol–water partition coefficient (Wildman–Crippen LogP) is 1.96. The van der Waals surface area contributed by atoms with Gasteiger partial charge in [0.25, 0.3) is 11.6 Å². The first kappa shape index (κ1) is 15.5. The van der Waals surface area contributed by atoms with E-state index in [1.54, 1.807) is 9.47 Å². The summed E-state index contributed by atoms with van der Waals surface area (Å²) in [6.45, 7) is 4.26. The van der Waals surface area contributed by atoms with Crippen LogP contribution in [0.4, 0.5) is 5.69 Å². The van der Waals surface area contributed by atoms with E-state index >= 15 is 0 Å². The third kappa shape index (κ3) is 3.07. The topological polar surface area (TPSA) is 88.6 Å². The molecule has 21 heavy (non-hydrogen) atoms. The normalized spacial score (nSPS) is 19.0. The van der Waals surface area contributed by atoms with Crippen molar-refractivity contribution in [3.8, 4) is 0 Å². The average Bonchev–Trinajstić information content (AvgIpc) is 2.92. The molecule has 0 radical (unpaired) electrons. The van der Waals surface area contributed by atoms with Crippen LogP contribution in [0.5, 0.6) is 0 Å². The fourth-order valence-electron chi connectivity index (χ4n) is 2.77. The molecule has 1 fully saturated rings. The number of hydrogen-bond acceptors (Lipinski definition) is 4. The smallest absolute Gasteiger partial charge is 0.287 e. The zero-order valence-electron chi connectivity index (χ0n) is 12.4. The first-order valence-electron chi connectivity index (χ1n) is 7.23. The Labute approximate surface area is 123 Å². The predicted molar refractivity (Wildman–Crippen MR) is 77.2 cm³/mol. The number of aromatic nitrogens is 1. The Morgan fingerprint density at radius 1 is 1.52 bits per heavy atom. The van der Waals surface area contributed by atoms with E-state index in [9.17, 15) is 20.0 Å².